The Labute approximate surface area is 123 Å². The van der Waals surface area contributed by atoms with Gasteiger partial charge in [0.25, 0.3) is 0 Å². The van der Waals surface area contributed by atoms with E-state index >= 15 is 0 Å². The zero-order chi connectivity index (χ0) is 15.2. The molecule has 1 N–H and O–H groups in total. The summed E-state index contributed by atoms with van der Waals surface area (Å²) >= 11 is 0. The Morgan fingerprint density at radius 2 is 2.10 bits per heavy atom. The molecule has 108 valence electrons. The molecule has 1 unspecified atom stereocenters. The van der Waals surface area contributed by atoms with E-state index in [1.807, 2.05) is 13.1 Å². The first-order valence-electron chi connectivity index (χ1n) is 6.68. The number of nitrogens with one attached hydrogen (secondary N) is 1. The SMILES string of the molecule is CCC(NC)c1ccc(Oc2ccc(C#N)c(F)c2)cn1. The zero-order valence-corrected chi connectivity index (χ0v) is 11.9. The largest absolute Gasteiger partial charge is 0.456 e. The van der Waals surface area contributed by atoms with Crippen molar-refractivity contribution < 1.29 is 9.13 Å². The van der Waals surface area contributed by atoms with Crippen LogP contribution in [0.2, 0.25) is 0 Å². The molecule has 0 amide bonds. The lowest BCUT2D eigenvalue weighted by atomic mass is 10.1. The number of pyridine rings is 1. The second-order valence-corrected chi connectivity index (χ2v) is 4.52. The monoisotopic (exact) mass is 285 g/mol. The quantitative estimate of drug-likeness (QED) is 0.912. The number of aromatic nitrogens is 1. The lowest BCUT2D eigenvalue weighted by molar-refractivity contribution is 0.472. The van der Waals surface area contributed by atoms with Gasteiger partial charge in [-0.15, -0.1) is 0 Å². The van der Waals surface area contributed by atoms with Crippen molar-refractivity contribution in [3.63, 3.8) is 0 Å². The first kappa shape index (κ1) is 14.9. The van der Waals surface area contributed by atoms with Crippen LogP contribution in [-0.2, 0) is 0 Å². The van der Waals surface area contributed by atoms with Crippen LogP contribution in [0.5, 0.6) is 11.5 Å². The van der Waals surface area contributed by atoms with Gasteiger partial charge in [-0.25, -0.2) is 4.39 Å². The predicted molar refractivity (Wildman–Crippen MR) is 77.5 cm³/mol. The number of ether oxygens (including phenoxy) is 1. The first-order valence-corrected chi connectivity index (χ1v) is 6.68. The van der Waals surface area contributed by atoms with Crippen LogP contribution in [0.4, 0.5) is 4.39 Å². The predicted octanol–water partition coefficient (Wildman–Crippen LogP) is 3.56. The zero-order valence-electron chi connectivity index (χ0n) is 11.9. The Hall–Kier alpha value is -2.45. The highest BCUT2D eigenvalue weighted by Crippen LogP contribution is 2.24. The molecule has 2 aromatic rings. The van der Waals surface area contributed by atoms with Crippen LogP contribution in [0.1, 0.15) is 30.6 Å². The summed E-state index contributed by atoms with van der Waals surface area (Å²) in [5, 5.41) is 11.9. The molecule has 1 aromatic heterocycles. The van der Waals surface area contributed by atoms with Crippen LogP contribution >= 0.6 is 0 Å². The Morgan fingerprint density at radius 1 is 1.33 bits per heavy atom. The highest BCUT2D eigenvalue weighted by Gasteiger charge is 2.09. The van der Waals surface area contributed by atoms with Crippen molar-refractivity contribution >= 4 is 0 Å². The number of rotatable bonds is 5. The summed E-state index contributed by atoms with van der Waals surface area (Å²) in [4.78, 5) is 4.34. The second kappa shape index (κ2) is 6.82. The molecule has 21 heavy (non-hydrogen) atoms. The molecule has 0 bridgehead atoms. The number of hydrogen-bond acceptors (Lipinski definition) is 4. The third-order valence-corrected chi connectivity index (χ3v) is 3.17. The van der Waals surface area contributed by atoms with Crippen molar-refractivity contribution in [3.8, 4) is 17.6 Å². The van der Waals surface area contributed by atoms with E-state index in [1.54, 1.807) is 24.4 Å². The minimum atomic E-state index is -0.596. The van der Waals surface area contributed by atoms with Gasteiger partial charge >= 0.3 is 0 Å². The topological polar surface area (TPSA) is 57.9 Å². The second-order valence-electron chi connectivity index (χ2n) is 4.52. The van der Waals surface area contributed by atoms with Crippen molar-refractivity contribution in [2.75, 3.05) is 7.05 Å². The molecular formula is C16H16FN3O. The van der Waals surface area contributed by atoms with E-state index in [-0.39, 0.29) is 11.6 Å². The highest BCUT2D eigenvalue weighted by atomic mass is 19.1. The van der Waals surface area contributed by atoms with Crippen LogP contribution in [0.15, 0.2) is 36.5 Å². The third-order valence-electron chi connectivity index (χ3n) is 3.17. The minimum Gasteiger partial charge on any atom is -0.456 e. The normalized spacial score (nSPS) is 11.7. The number of benzene rings is 1. The van der Waals surface area contributed by atoms with Crippen LogP contribution < -0.4 is 10.1 Å². The van der Waals surface area contributed by atoms with Gasteiger partial charge in [-0.3, -0.25) is 4.98 Å². The molecule has 5 heteroatoms. The van der Waals surface area contributed by atoms with Gasteiger partial charge in [0.1, 0.15) is 23.4 Å². The molecular weight excluding hydrogens is 269 g/mol. The summed E-state index contributed by atoms with van der Waals surface area (Å²) in [5.41, 5.74) is 0.925. The summed E-state index contributed by atoms with van der Waals surface area (Å²) in [6.07, 6.45) is 2.54. The maximum Gasteiger partial charge on any atom is 0.145 e. The number of nitriles is 1. The van der Waals surface area contributed by atoms with Crippen LogP contribution in [-0.4, -0.2) is 12.0 Å². The fourth-order valence-corrected chi connectivity index (χ4v) is 2.01. The van der Waals surface area contributed by atoms with Crippen molar-refractivity contribution in [3.05, 3.63) is 53.6 Å². The lowest BCUT2D eigenvalue weighted by Crippen LogP contribution is -2.16. The Balaban J connectivity index is 2.13. The van der Waals surface area contributed by atoms with Gasteiger partial charge in [-0.2, -0.15) is 5.26 Å². The molecule has 2 rings (SSSR count). The van der Waals surface area contributed by atoms with Crippen molar-refractivity contribution in [1.82, 2.24) is 10.3 Å². The van der Waals surface area contributed by atoms with Crippen molar-refractivity contribution in [2.45, 2.75) is 19.4 Å². The third kappa shape index (κ3) is 3.56. The average Bonchev–Trinajstić information content (AvgIpc) is 2.50. The highest BCUT2D eigenvalue weighted by molar-refractivity contribution is 5.38. The summed E-state index contributed by atoms with van der Waals surface area (Å²) in [7, 11) is 1.89. The van der Waals surface area contributed by atoms with Gasteiger partial charge in [0.05, 0.1) is 17.5 Å². The Kier molecular flexibility index (Phi) is 4.85. The molecule has 1 heterocycles. The number of halogens is 1. The smallest absolute Gasteiger partial charge is 0.145 e. The molecule has 0 radical (unpaired) electrons. The van der Waals surface area contributed by atoms with Gasteiger partial charge < -0.3 is 10.1 Å². The maximum absolute atomic E-state index is 13.5. The molecule has 0 saturated heterocycles. The molecule has 0 aliphatic carbocycles. The van der Waals surface area contributed by atoms with Gasteiger partial charge in [-0.1, -0.05) is 6.92 Å². The van der Waals surface area contributed by atoms with E-state index in [0.717, 1.165) is 12.1 Å². The summed E-state index contributed by atoms with van der Waals surface area (Å²) in [5.74, 6) is 0.260. The molecule has 0 aliphatic heterocycles. The molecule has 0 fully saturated rings. The number of nitrogens with zero attached hydrogens (tertiary/aromatic N) is 2. The summed E-state index contributed by atoms with van der Waals surface area (Å²) < 4.78 is 19.0. The van der Waals surface area contributed by atoms with E-state index in [9.17, 15) is 4.39 Å². The minimum absolute atomic E-state index is 0.00405. The molecule has 1 aromatic carbocycles. The first-order chi connectivity index (χ1) is 10.2. The fourth-order valence-electron chi connectivity index (χ4n) is 2.01. The number of hydrogen-bond donors (Lipinski definition) is 1. The molecule has 0 spiro atoms. The maximum atomic E-state index is 13.5. The van der Waals surface area contributed by atoms with Gasteiger partial charge in [-0.05, 0) is 37.7 Å². The van der Waals surface area contributed by atoms with E-state index in [2.05, 4.69) is 17.2 Å². The molecule has 0 aliphatic rings. The summed E-state index contributed by atoms with van der Waals surface area (Å²) in [6.45, 7) is 2.08. The van der Waals surface area contributed by atoms with Crippen LogP contribution in [0.25, 0.3) is 0 Å². The molecule has 1 atom stereocenters. The standard InChI is InChI=1S/C16H16FN3O/c1-3-15(19-2)16-7-6-13(10-20-16)21-12-5-4-11(9-18)14(17)8-12/h4-8,10,15,19H,3H2,1-2H3. The molecule has 4 nitrogen and oxygen atoms in total. The fraction of sp³-hybridized carbons (Fsp3) is 0.250. The van der Waals surface area contributed by atoms with Crippen molar-refractivity contribution in [2.24, 2.45) is 0 Å². The Bertz CT molecular complexity index is 646. The van der Waals surface area contributed by atoms with Crippen LogP contribution in [0.3, 0.4) is 0 Å². The lowest BCUT2D eigenvalue weighted by Gasteiger charge is -2.13. The van der Waals surface area contributed by atoms with Gasteiger partial charge in [0.2, 0.25) is 0 Å². The molecule has 0 saturated carbocycles. The van der Waals surface area contributed by atoms with Crippen molar-refractivity contribution in [1.29, 1.82) is 5.26 Å². The Morgan fingerprint density at radius 3 is 2.62 bits per heavy atom. The van der Waals surface area contributed by atoms with Gasteiger partial charge in [0, 0.05) is 12.1 Å². The van der Waals surface area contributed by atoms with Crippen LogP contribution in [0, 0.1) is 17.1 Å². The van der Waals surface area contributed by atoms with Gasteiger partial charge in [0.15, 0.2) is 0 Å². The average molecular weight is 285 g/mol. The summed E-state index contributed by atoms with van der Waals surface area (Å²) in [6, 6.07) is 9.77. The van der Waals surface area contributed by atoms with E-state index in [0.29, 0.717) is 11.5 Å². The van der Waals surface area contributed by atoms with E-state index in [1.165, 1.54) is 12.1 Å². The van der Waals surface area contributed by atoms with E-state index in [4.69, 9.17) is 10.00 Å². The van der Waals surface area contributed by atoms with E-state index < -0.39 is 5.82 Å².